The zero-order valence-electron chi connectivity index (χ0n) is 11.7. The van der Waals surface area contributed by atoms with E-state index >= 15 is 0 Å². The van der Waals surface area contributed by atoms with Crippen LogP contribution in [0.15, 0.2) is 53.4 Å². The summed E-state index contributed by atoms with van der Waals surface area (Å²) in [6, 6.07) is 12.5. The first-order valence-corrected chi connectivity index (χ1v) is 7.88. The third kappa shape index (κ3) is 3.47. The maximum absolute atomic E-state index is 13.2. The second kappa shape index (κ2) is 6.34. The van der Waals surface area contributed by atoms with Crippen molar-refractivity contribution in [2.75, 3.05) is 7.05 Å². The van der Waals surface area contributed by atoms with Crippen LogP contribution in [0.4, 0.5) is 4.39 Å². The van der Waals surface area contributed by atoms with Crippen LogP contribution in [0.1, 0.15) is 11.1 Å². The van der Waals surface area contributed by atoms with Gasteiger partial charge in [-0.25, -0.2) is 12.8 Å². The van der Waals surface area contributed by atoms with Crippen molar-refractivity contribution in [3.05, 3.63) is 65.5 Å². The fourth-order valence-corrected chi connectivity index (χ4v) is 3.46. The lowest BCUT2D eigenvalue weighted by molar-refractivity contribution is 0.464. The molecule has 0 unspecified atom stereocenters. The molecule has 0 aliphatic heterocycles. The number of benzene rings is 2. The molecule has 2 N–H and O–H groups in total. The van der Waals surface area contributed by atoms with Crippen LogP contribution in [0.2, 0.25) is 0 Å². The van der Waals surface area contributed by atoms with Gasteiger partial charge in [-0.05, 0) is 29.3 Å². The molecule has 0 heterocycles. The molecule has 0 atom stereocenters. The molecule has 112 valence electrons. The van der Waals surface area contributed by atoms with E-state index in [1.165, 1.54) is 29.6 Å². The minimum absolute atomic E-state index is 0.0962. The first-order valence-electron chi connectivity index (χ1n) is 6.44. The highest BCUT2D eigenvalue weighted by molar-refractivity contribution is 7.89. The molecule has 6 heteroatoms. The Kier molecular flexibility index (Phi) is 4.72. The zero-order chi connectivity index (χ0) is 15.5. The average molecular weight is 308 g/mol. The van der Waals surface area contributed by atoms with Gasteiger partial charge < -0.3 is 5.73 Å². The van der Waals surface area contributed by atoms with Gasteiger partial charge in [-0.2, -0.15) is 4.31 Å². The maximum atomic E-state index is 13.2. The molecule has 0 radical (unpaired) electrons. The van der Waals surface area contributed by atoms with Gasteiger partial charge in [0.1, 0.15) is 5.82 Å². The normalized spacial score (nSPS) is 11.8. The van der Waals surface area contributed by atoms with Gasteiger partial charge in [0.05, 0.1) is 4.90 Å². The molecule has 21 heavy (non-hydrogen) atoms. The van der Waals surface area contributed by atoms with Crippen molar-refractivity contribution < 1.29 is 12.8 Å². The van der Waals surface area contributed by atoms with E-state index in [0.29, 0.717) is 11.1 Å². The summed E-state index contributed by atoms with van der Waals surface area (Å²) in [4.78, 5) is 0.186. The molecule has 2 aromatic rings. The van der Waals surface area contributed by atoms with Crippen molar-refractivity contribution in [2.24, 2.45) is 5.73 Å². The lowest BCUT2D eigenvalue weighted by Gasteiger charge is -2.19. The van der Waals surface area contributed by atoms with Crippen molar-refractivity contribution in [3.63, 3.8) is 0 Å². The molecular formula is C15H17FN2O2S. The lowest BCUT2D eigenvalue weighted by atomic mass is 10.2. The van der Waals surface area contributed by atoms with Crippen molar-refractivity contribution in [2.45, 2.75) is 18.0 Å². The summed E-state index contributed by atoms with van der Waals surface area (Å²) in [5, 5.41) is 0. The number of rotatable bonds is 5. The third-order valence-corrected chi connectivity index (χ3v) is 5.08. The van der Waals surface area contributed by atoms with E-state index in [2.05, 4.69) is 0 Å². The first kappa shape index (κ1) is 15.6. The van der Waals surface area contributed by atoms with Crippen molar-refractivity contribution in [3.8, 4) is 0 Å². The topological polar surface area (TPSA) is 63.4 Å². The summed E-state index contributed by atoms with van der Waals surface area (Å²) in [7, 11) is -2.20. The van der Waals surface area contributed by atoms with Gasteiger partial charge in [-0.3, -0.25) is 0 Å². The molecule has 2 rings (SSSR count). The summed E-state index contributed by atoms with van der Waals surface area (Å²) in [6.07, 6.45) is 0. The lowest BCUT2D eigenvalue weighted by Crippen LogP contribution is -2.27. The highest BCUT2D eigenvalue weighted by atomic mass is 32.2. The van der Waals surface area contributed by atoms with E-state index in [-0.39, 0.29) is 23.8 Å². The predicted octanol–water partition coefficient (Wildman–Crippen LogP) is 2.11. The number of hydrogen-bond acceptors (Lipinski definition) is 3. The van der Waals surface area contributed by atoms with Crippen LogP contribution in [0.25, 0.3) is 0 Å². The Bertz CT molecular complexity index is 732. The minimum atomic E-state index is -3.66. The van der Waals surface area contributed by atoms with E-state index in [9.17, 15) is 12.8 Å². The van der Waals surface area contributed by atoms with E-state index in [1.54, 1.807) is 30.3 Å². The van der Waals surface area contributed by atoms with E-state index in [0.717, 1.165) is 0 Å². The predicted molar refractivity (Wildman–Crippen MR) is 79.4 cm³/mol. The highest BCUT2D eigenvalue weighted by Gasteiger charge is 2.23. The van der Waals surface area contributed by atoms with Crippen molar-refractivity contribution in [1.29, 1.82) is 0 Å². The fraction of sp³-hybridized carbons (Fsp3) is 0.200. The van der Waals surface area contributed by atoms with Crippen LogP contribution in [0.3, 0.4) is 0 Å². The molecule has 0 aromatic heterocycles. The van der Waals surface area contributed by atoms with Crippen LogP contribution >= 0.6 is 0 Å². The smallest absolute Gasteiger partial charge is 0.243 e. The van der Waals surface area contributed by atoms with Crippen LogP contribution in [-0.4, -0.2) is 19.8 Å². The molecule has 0 saturated carbocycles. The van der Waals surface area contributed by atoms with Gasteiger partial charge >= 0.3 is 0 Å². The Balaban J connectivity index is 2.31. The van der Waals surface area contributed by atoms with Gasteiger partial charge in [0.2, 0.25) is 10.0 Å². The Morgan fingerprint density at radius 1 is 1.14 bits per heavy atom. The molecule has 0 saturated heterocycles. The van der Waals surface area contributed by atoms with Crippen LogP contribution < -0.4 is 5.73 Å². The number of nitrogens with zero attached hydrogens (tertiary/aromatic N) is 1. The van der Waals surface area contributed by atoms with Crippen LogP contribution in [0, 0.1) is 5.82 Å². The summed E-state index contributed by atoms with van der Waals surface area (Å²) < 4.78 is 39.5. The largest absolute Gasteiger partial charge is 0.326 e. The molecule has 2 aromatic carbocycles. The number of nitrogens with two attached hydrogens (primary N) is 1. The Morgan fingerprint density at radius 2 is 1.86 bits per heavy atom. The molecule has 0 spiro atoms. The van der Waals surface area contributed by atoms with E-state index < -0.39 is 10.0 Å². The zero-order valence-corrected chi connectivity index (χ0v) is 12.5. The Labute approximate surface area is 124 Å². The molecule has 0 amide bonds. The standard InChI is InChI=1S/C15H17FN2O2S/c1-18(11-12-5-4-7-14(16)9-12)21(19,20)15-8-3-2-6-13(15)10-17/h2-9H,10-11,17H2,1H3. The first-order chi connectivity index (χ1) is 9.95. The summed E-state index contributed by atoms with van der Waals surface area (Å²) in [6.45, 7) is 0.238. The van der Waals surface area contributed by atoms with Gasteiger partial charge in [0, 0.05) is 20.1 Å². The van der Waals surface area contributed by atoms with Gasteiger partial charge in [-0.1, -0.05) is 30.3 Å². The maximum Gasteiger partial charge on any atom is 0.243 e. The van der Waals surface area contributed by atoms with Gasteiger partial charge in [-0.15, -0.1) is 0 Å². The number of hydrogen-bond donors (Lipinski definition) is 1. The van der Waals surface area contributed by atoms with E-state index in [1.807, 2.05) is 0 Å². The van der Waals surface area contributed by atoms with Crippen molar-refractivity contribution >= 4 is 10.0 Å². The van der Waals surface area contributed by atoms with E-state index in [4.69, 9.17) is 5.73 Å². The monoisotopic (exact) mass is 308 g/mol. The van der Waals surface area contributed by atoms with Gasteiger partial charge in [0.25, 0.3) is 0 Å². The molecule has 0 aliphatic carbocycles. The van der Waals surface area contributed by atoms with Gasteiger partial charge in [0.15, 0.2) is 0 Å². The molecule has 0 bridgehead atoms. The second-order valence-electron chi connectivity index (χ2n) is 4.70. The van der Waals surface area contributed by atoms with Crippen molar-refractivity contribution in [1.82, 2.24) is 4.31 Å². The van der Waals surface area contributed by atoms with Crippen LogP contribution in [-0.2, 0) is 23.1 Å². The second-order valence-corrected chi connectivity index (χ2v) is 6.72. The highest BCUT2D eigenvalue weighted by Crippen LogP contribution is 2.20. The molecule has 0 fully saturated rings. The fourth-order valence-electron chi connectivity index (χ4n) is 2.07. The Hall–Kier alpha value is -1.76. The molecular weight excluding hydrogens is 291 g/mol. The summed E-state index contributed by atoms with van der Waals surface area (Å²) in [5.41, 5.74) is 6.74. The number of halogens is 1. The summed E-state index contributed by atoms with van der Waals surface area (Å²) in [5.74, 6) is -0.388. The molecule has 0 aliphatic rings. The Morgan fingerprint density at radius 3 is 2.52 bits per heavy atom. The molecule has 4 nitrogen and oxygen atoms in total. The SMILES string of the molecule is CN(Cc1cccc(F)c1)S(=O)(=O)c1ccccc1CN. The third-order valence-electron chi connectivity index (χ3n) is 3.18. The minimum Gasteiger partial charge on any atom is -0.326 e. The summed E-state index contributed by atoms with van der Waals surface area (Å²) >= 11 is 0. The number of sulfonamides is 1. The van der Waals surface area contributed by atoms with Crippen LogP contribution in [0.5, 0.6) is 0 Å². The quantitative estimate of drug-likeness (QED) is 0.920. The average Bonchev–Trinajstić information content (AvgIpc) is 2.47.